The van der Waals surface area contributed by atoms with Crippen LogP contribution in [0.2, 0.25) is 0 Å². The number of nitrogens with one attached hydrogen (secondary N) is 1. The first kappa shape index (κ1) is 25.6. The SMILES string of the molecule is CC(CC(N)=O)NC(=O)C(O)c1ccc(-c2noc(-c3onc(-c4ccccc4)c3C(F)(F)F)n2)cc1. The van der Waals surface area contributed by atoms with Gasteiger partial charge in [-0.25, -0.2) is 0 Å². The molecular weight excluding hydrogens is 495 g/mol. The number of rotatable bonds is 8. The van der Waals surface area contributed by atoms with Gasteiger partial charge in [0.25, 0.3) is 11.8 Å². The Kier molecular flexibility index (Phi) is 7.07. The Labute approximate surface area is 207 Å². The zero-order chi connectivity index (χ0) is 26.7. The monoisotopic (exact) mass is 515 g/mol. The predicted molar refractivity (Wildman–Crippen MR) is 122 cm³/mol. The number of hydrogen-bond acceptors (Lipinski definition) is 8. The van der Waals surface area contributed by atoms with Crippen molar-refractivity contribution < 1.29 is 36.9 Å². The maximum atomic E-state index is 13.9. The number of halogens is 3. The van der Waals surface area contributed by atoms with Gasteiger partial charge in [-0.05, 0) is 12.5 Å². The second kappa shape index (κ2) is 10.2. The van der Waals surface area contributed by atoms with Gasteiger partial charge in [0.1, 0.15) is 11.3 Å². The number of amides is 2. The third-order valence-electron chi connectivity index (χ3n) is 5.27. The third-order valence-corrected chi connectivity index (χ3v) is 5.27. The van der Waals surface area contributed by atoms with Gasteiger partial charge in [0.15, 0.2) is 6.10 Å². The van der Waals surface area contributed by atoms with Crippen LogP contribution in [0, 0.1) is 0 Å². The van der Waals surface area contributed by atoms with Crippen molar-refractivity contribution in [3.05, 3.63) is 65.7 Å². The summed E-state index contributed by atoms with van der Waals surface area (Å²) >= 11 is 0. The molecule has 0 radical (unpaired) electrons. The Morgan fingerprint density at radius 1 is 1.03 bits per heavy atom. The van der Waals surface area contributed by atoms with Crippen molar-refractivity contribution in [3.63, 3.8) is 0 Å². The average molecular weight is 515 g/mol. The Bertz CT molecular complexity index is 1400. The van der Waals surface area contributed by atoms with Gasteiger partial charge in [-0.1, -0.05) is 64.9 Å². The van der Waals surface area contributed by atoms with Gasteiger partial charge in [0.2, 0.25) is 17.5 Å². The first-order valence-corrected chi connectivity index (χ1v) is 10.9. The molecule has 0 aliphatic rings. The molecule has 4 N–H and O–H groups in total. The van der Waals surface area contributed by atoms with Gasteiger partial charge in [-0.2, -0.15) is 18.2 Å². The minimum Gasteiger partial charge on any atom is -0.378 e. The number of aliphatic hydroxyl groups is 1. The number of nitrogens with zero attached hydrogens (tertiary/aromatic N) is 3. The van der Waals surface area contributed by atoms with Crippen LogP contribution < -0.4 is 11.1 Å². The Balaban J connectivity index is 1.56. The Morgan fingerprint density at radius 3 is 2.32 bits per heavy atom. The smallest absolute Gasteiger partial charge is 0.378 e. The molecule has 0 bridgehead atoms. The largest absolute Gasteiger partial charge is 0.422 e. The normalized spacial score (nSPS) is 13.2. The molecule has 0 spiro atoms. The number of hydrogen-bond donors (Lipinski definition) is 3. The molecular formula is C24H20F3N5O5. The molecule has 4 aromatic rings. The van der Waals surface area contributed by atoms with Crippen LogP contribution >= 0.6 is 0 Å². The second-order valence-electron chi connectivity index (χ2n) is 8.13. The van der Waals surface area contributed by atoms with E-state index in [4.69, 9.17) is 14.8 Å². The van der Waals surface area contributed by atoms with E-state index in [-0.39, 0.29) is 23.4 Å². The summed E-state index contributed by atoms with van der Waals surface area (Å²) < 4.78 is 51.7. The van der Waals surface area contributed by atoms with Crippen LogP contribution in [0.5, 0.6) is 0 Å². The van der Waals surface area contributed by atoms with Gasteiger partial charge in [-0.15, -0.1) is 0 Å². The molecule has 10 nitrogen and oxygen atoms in total. The van der Waals surface area contributed by atoms with Gasteiger partial charge < -0.3 is 25.2 Å². The number of aliphatic hydroxyl groups excluding tert-OH is 1. The molecule has 2 atom stereocenters. The summed E-state index contributed by atoms with van der Waals surface area (Å²) in [4.78, 5) is 27.2. The Hall–Kier alpha value is -4.52. The van der Waals surface area contributed by atoms with Crippen LogP contribution in [-0.2, 0) is 15.8 Å². The highest BCUT2D eigenvalue weighted by molar-refractivity contribution is 5.83. The number of nitrogens with two attached hydrogens (primary N) is 1. The minimum absolute atomic E-state index is 0.0543. The van der Waals surface area contributed by atoms with Crippen molar-refractivity contribution in [2.75, 3.05) is 0 Å². The number of carbonyl (C=O) groups is 2. The van der Waals surface area contributed by atoms with Crippen molar-refractivity contribution in [2.45, 2.75) is 31.7 Å². The molecule has 192 valence electrons. The maximum absolute atomic E-state index is 13.9. The Morgan fingerprint density at radius 2 is 1.70 bits per heavy atom. The van der Waals surface area contributed by atoms with E-state index in [2.05, 4.69) is 20.6 Å². The predicted octanol–water partition coefficient (Wildman–Crippen LogP) is 3.49. The van der Waals surface area contributed by atoms with Crippen LogP contribution in [0.25, 0.3) is 34.3 Å². The standard InChI is InChI=1S/C24H20F3N5O5/c1-12(11-16(28)33)29-22(35)19(34)14-7-9-15(10-8-14)21-30-23(37-32-21)20-17(24(25,26)27)18(31-36-20)13-5-3-2-4-6-13/h2-10,12,19,34H,11H2,1H3,(H2,28,33)(H,29,35). The van der Waals surface area contributed by atoms with E-state index in [1.54, 1.807) is 25.1 Å². The fourth-order valence-corrected chi connectivity index (χ4v) is 3.57. The van der Waals surface area contributed by atoms with Crippen molar-refractivity contribution in [1.29, 1.82) is 0 Å². The zero-order valence-electron chi connectivity index (χ0n) is 19.2. The molecule has 2 heterocycles. The van der Waals surface area contributed by atoms with E-state index < -0.39 is 53.0 Å². The van der Waals surface area contributed by atoms with Crippen molar-refractivity contribution >= 4 is 11.8 Å². The molecule has 2 amide bonds. The summed E-state index contributed by atoms with van der Waals surface area (Å²) in [6, 6.07) is 12.9. The summed E-state index contributed by atoms with van der Waals surface area (Å²) in [5, 5.41) is 20.1. The van der Waals surface area contributed by atoms with E-state index in [1.807, 2.05) is 0 Å². The summed E-state index contributed by atoms with van der Waals surface area (Å²) in [6.07, 6.45) is -6.45. The lowest BCUT2D eigenvalue weighted by Gasteiger charge is -2.16. The lowest BCUT2D eigenvalue weighted by atomic mass is 10.1. The van der Waals surface area contributed by atoms with E-state index in [9.17, 15) is 27.9 Å². The highest BCUT2D eigenvalue weighted by Crippen LogP contribution is 2.43. The number of benzene rings is 2. The van der Waals surface area contributed by atoms with Gasteiger partial charge in [0.05, 0.1) is 0 Å². The molecule has 0 aliphatic carbocycles. The van der Waals surface area contributed by atoms with E-state index in [1.165, 1.54) is 36.4 Å². The fourth-order valence-electron chi connectivity index (χ4n) is 3.57. The maximum Gasteiger partial charge on any atom is 0.422 e. The number of aromatic nitrogens is 3. The molecule has 0 saturated carbocycles. The molecule has 13 heteroatoms. The van der Waals surface area contributed by atoms with Crippen molar-refractivity contribution in [1.82, 2.24) is 20.6 Å². The quantitative estimate of drug-likeness (QED) is 0.322. The summed E-state index contributed by atoms with van der Waals surface area (Å²) in [5.41, 5.74) is 4.28. The summed E-state index contributed by atoms with van der Waals surface area (Å²) in [5.74, 6) is -2.64. The summed E-state index contributed by atoms with van der Waals surface area (Å²) in [7, 11) is 0. The third kappa shape index (κ3) is 5.67. The molecule has 0 saturated heterocycles. The molecule has 2 aromatic heterocycles. The van der Waals surface area contributed by atoms with Crippen LogP contribution in [0.3, 0.4) is 0 Å². The lowest BCUT2D eigenvalue weighted by molar-refractivity contribution is -0.137. The number of alkyl halides is 3. The highest BCUT2D eigenvalue weighted by atomic mass is 19.4. The van der Waals surface area contributed by atoms with Crippen LogP contribution in [0.15, 0.2) is 63.6 Å². The van der Waals surface area contributed by atoms with Gasteiger partial charge >= 0.3 is 6.18 Å². The van der Waals surface area contributed by atoms with Crippen molar-refractivity contribution in [2.24, 2.45) is 5.73 Å². The highest BCUT2D eigenvalue weighted by Gasteiger charge is 2.43. The molecule has 37 heavy (non-hydrogen) atoms. The van der Waals surface area contributed by atoms with Crippen LogP contribution in [-0.4, -0.2) is 38.3 Å². The molecule has 0 aliphatic heterocycles. The zero-order valence-corrected chi connectivity index (χ0v) is 19.2. The lowest BCUT2D eigenvalue weighted by Crippen LogP contribution is -2.38. The van der Waals surface area contributed by atoms with Gasteiger partial charge in [0, 0.05) is 23.6 Å². The van der Waals surface area contributed by atoms with Gasteiger partial charge in [-0.3, -0.25) is 9.59 Å². The van der Waals surface area contributed by atoms with E-state index in [0.29, 0.717) is 5.56 Å². The van der Waals surface area contributed by atoms with E-state index in [0.717, 1.165) is 0 Å². The fraction of sp³-hybridized carbons (Fsp3) is 0.208. The molecule has 0 fully saturated rings. The minimum atomic E-state index is -4.82. The molecule has 2 unspecified atom stereocenters. The first-order valence-electron chi connectivity index (χ1n) is 10.9. The van der Waals surface area contributed by atoms with Crippen LogP contribution in [0.4, 0.5) is 13.2 Å². The second-order valence-corrected chi connectivity index (χ2v) is 8.13. The number of carbonyl (C=O) groups excluding carboxylic acids is 2. The first-order chi connectivity index (χ1) is 17.5. The van der Waals surface area contributed by atoms with E-state index >= 15 is 0 Å². The average Bonchev–Trinajstić information content (AvgIpc) is 3.51. The topological polar surface area (TPSA) is 157 Å². The number of primary amides is 1. The summed E-state index contributed by atoms with van der Waals surface area (Å²) in [6.45, 7) is 1.56. The van der Waals surface area contributed by atoms with Crippen molar-refractivity contribution in [3.8, 4) is 34.3 Å². The van der Waals surface area contributed by atoms with Crippen LogP contribution in [0.1, 0.15) is 30.6 Å². The molecule has 4 rings (SSSR count). The molecule has 2 aromatic carbocycles.